The van der Waals surface area contributed by atoms with Crippen molar-refractivity contribution in [3.8, 4) is 11.3 Å². The smallest absolute Gasteiger partial charge is 0.180 e. The molecule has 168 valence electrons. The van der Waals surface area contributed by atoms with E-state index >= 15 is 0 Å². The van der Waals surface area contributed by atoms with Crippen molar-refractivity contribution in [2.45, 2.75) is 46.0 Å². The van der Waals surface area contributed by atoms with Crippen molar-refractivity contribution in [3.05, 3.63) is 83.4 Å². The predicted octanol–water partition coefficient (Wildman–Crippen LogP) is 5.72. The lowest BCUT2D eigenvalue weighted by molar-refractivity contribution is 0.700. The maximum absolute atomic E-state index is 4.97. The first-order valence-corrected chi connectivity index (χ1v) is 11.7. The molecule has 0 saturated carbocycles. The van der Waals surface area contributed by atoms with Crippen molar-refractivity contribution < 1.29 is 0 Å². The maximum atomic E-state index is 4.97. The Balaban J connectivity index is 1.47. The normalized spacial score (nSPS) is 13.8. The van der Waals surface area contributed by atoms with Crippen molar-refractivity contribution in [2.24, 2.45) is 0 Å². The molecule has 0 bridgehead atoms. The zero-order chi connectivity index (χ0) is 22.8. The van der Waals surface area contributed by atoms with E-state index in [2.05, 4.69) is 83.2 Å². The molecule has 33 heavy (non-hydrogen) atoms. The van der Waals surface area contributed by atoms with Crippen LogP contribution in [-0.2, 0) is 12.8 Å². The molecule has 4 aromatic heterocycles. The van der Waals surface area contributed by atoms with Gasteiger partial charge in [-0.25, -0.2) is 9.97 Å². The number of aromatic amines is 1. The Kier molecular flexibility index (Phi) is 5.82. The van der Waals surface area contributed by atoms with Crippen LogP contribution in [0.1, 0.15) is 54.3 Å². The number of hydrogen-bond acceptors (Lipinski definition) is 4. The van der Waals surface area contributed by atoms with Crippen molar-refractivity contribution in [2.75, 3.05) is 11.9 Å². The van der Waals surface area contributed by atoms with Gasteiger partial charge in [-0.1, -0.05) is 38.2 Å². The van der Waals surface area contributed by atoms with Crippen LogP contribution in [0.15, 0.2) is 55.3 Å². The van der Waals surface area contributed by atoms with Crippen molar-refractivity contribution in [3.63, 3.8) is 0 Å². The number of aryl methyl sites for hydroxylation is 1. The zero-order valence-corrected chi connectivity index (χ0v) is 19.5. The van der Waals surface area contributed by atoms with E-state index in [1.165, 1.54) is 22.5 Å². The molecule has 4 heterocycles. The summed E-state index contributed by atoms with van der Waals surface area (Å²) < 4.78 is 2.19. The fourth-order valence-corrected chi connectivity index (χ4v) is 4.37. The molecule has 0 amide bonds. The molecule has 0 spiro atoms. The van der Waals surface area contributed by atoms with Crippen LogP contribution >= 0.6 is 0 Å². The second-order valence-electron chi connectivity index (χ2n) is 8.79. The van der Waals surface area contributed by atoms with E-state index in [1.54, 1.807) is 0 Å². The molecule has 1 aliphatic rings. The van der Waals surface area contributed by atoms with Gasteiger partial charge in [0.2, 0.25) is 0 Å². The van der Waals surface area contributed by atoms with Gasteiger partial charge in [0.15, 0.2) is 11.5 Å². The SMILES string of the molecule is CCC(C)c1cnc2c(NCCc3c[nH]c4c3C=CC=CC4)nc(-c3cncc(C)c3)cn12. The zero-order valence-electron chi connectivity index (χ0n) is 19.5. The predicted molar refractivity (Wildman–Crippen MR) is 135 cm³/mol. The Morgan fingerprint density at radius 3 is 2.97 bits per heavy atom. The van der Waals surface area contributed by atoms with Crippen LogP contribution in [0.5, 0.6) is 0 Å². The number of H-pyrrole nitrogens is 1. The Labute approximate surface area is 194 Å². The third kappa shape index (κ3) is 4.21. The monoisotopic (exact) mass is 438 g/mol. The highest BCUT2D eigenvalue weighted by Gasteiger charge is 2.16. The van der Waals surface area contributed by atoms with Crippen LogP contribution in [0.3, 0.4) is 0 Å². The van der Waals surface area contributed by atoms with Gasteiger partial charge < -0.3 is 10.3 Å². The van der Waals surface area contributed by atoms with Crippen LogP contribution < -0.4 is 5.32 Å². The van der Waals surface area contributed by atoms with Gasteiger partial charge in [0, 0.05) is 60.9 Å². The summed E-state index contributed by atoms with van der Waals surface area (Å²) in [7, 11) is 0. The fraction of sp³-hybridized carbons (Fsp3) is 0.296. The minimum atomic E-state index is 0.412. The number of anilines is 1. The molecule has 0 saturated heterocycles. The largest absolute Gasteiger partial charge is 0.367 e. The molecule has 5 rings (SSSR count). The second-order valence-corrected chi connectivity index (χ2v) is 8.79. The summed E-state index contributed by atoms with van der Waals surface area (Å²) in [5.41, 5.74) is 8.99. The molecule has 6 nitrogen and oxygen atoms in total. The summed E-state index contributed by atoms with van der Waals surface area (Å²) in [6.07, 6.45) is 21.4. The Morgan fingerprint density at radius 2 is 2.12 bits per heavy atom. The van der Waals surface area contributed by atoms with Crippen LogP contribution in [0.25, 0.3) is 23.0 Å². The van der Waals surface area contributed by atoms with Crippen molar-refractivity contribution in [1.82, 2.24) is 24.3 Å². The number of pyridine rings is 1. The van der Waals surface area contributed by atoms with Gasteiger partial charge in [-0.05, 0) is 48.4 Å². The standard InChI is InChI=1S/C27H30N6/c1-4-19(3)25-16-31-27-26(32-24(17-33(25)27)21-12-18(2)13-28-14-21)29-11-10-20-15-30-23-9-7-5-6-8-22(20)23/h5-8,12-17,19,30H,4,9-11H2,1-3H3,(H,29,32). The number of imidazole rings is 1. The Morgan fingerprint density at radius 1 is 1.21 bits per heavy atom. The number of aromatic nitrogens is 5. The van der Waals surface area contributed by atoms with E-state index in [-0.39, 0.29) is 0 Å². The molecule has 1 atom stereocenters. The highest BCUT2D eigenvalue weighted by Crippen LogP contribution is 2.27. The Hall–Kier alpha value is -3.67. The molecule has 0 aliphatic heterocycles. The first kappa shape index (κ1) is 21.2. The molecule has 6 heteroatoms. The summed E-state index contributed by atoms with van der Waals surface area (Å²) in [5.74, 6) is 1.22. The first-order chi connectivity index (χ1) is 16.1. The highest BCUT2D eigenvalue weighted by atomic mass is 15.1. The van der Waals surface area contributed by atoms with Crippen LogP contribution in [0, 0.1) is 6.92 Å². The lowest BCUT2D eigenvalue weighted by Crippen LogP contribution is -2.10. The summed E-state index contributed by atoms with van der Waals surface area (Å²) in [5, 5.41) is 3.57. The van der Waals surface area contributed by atoms with Crippen molar-refractivity contribution in [1.29, 1.82) is 0 Å². The van der Waals surface area contributed by atoms with Gasteiger partial charge in [0.25, 0.3) is 0 Å². The summed E-state index contributed by atoms with van der Waals surface area (Å²) in [6, 6.07) is 2.13. The fourth-order valence-electron chi connectivity index (χ4n) is 4.37. The number of rotatable bonds is 7. The quantitative estimate of drug-likeness (QED) is 0.387. The first-order valence-electron chi connectivity index (χ1n) is 11.7. The average Bonchev–Trinajstić information content (AvgIpc) is 3.35. The van der Waals surface area contributed by atoms with Crippen LogP contribution in [-0.4, -0.2) is 30.9 Å². The molecular formula is C27H30N6. The van der Waals surface area contributed by atoms with E-state index < -0.39 is 0 Å². The van der Waals surface area contributed by atoms with E-state index in [0.29, 0.717) is 5.92 Å². The minimum absolute atomic E-state index is 0.412. The van der Waals surface area contributed by atoms with Gasteiger partial charge >= 0.3 is 0 Å². The molecule has 0 radical (unpaired) electrons. The van der Waals surface area contributed by atoms with Gasteiger partial charge in [-0.2, -0.15) is 0 Å². The molecule has 4 aromatic rings. The van der Waals surface area contributed by atoms with Gasteiger partial charge in [0.1, 0.15) is 0 Å². The minimum Gasteiger partial charge on any atom is -0.367 e. The van der Waals surface area contributed by atoms with E-state index in [1.807, 2.05) is 18.6 Å². The van der Waals surface area contributed by atoms with Crippen molar-refractivity contribution >= 4 is 17.5 Å². The molecule has 2 N–H and O–H groups in total. The van der Waals surface area contributed by atoms with Gasteiger partial charge in [0.05, 0.1) is 5.69 Å². The molecular weight excluding hydrogens is 408 g/mol. The molecule has 1 aliphatic carbocycles. The Bertz CT molecular complexity index is 1340. The van der Waals surface area contributed by atoms with Gasteiger partial charge in [-0.15, -0.1) is 0 Å². The lowest BCUT2D eigenvalue weighted by atomic mass is 10.1. The summed E-state index contributed by atoms with van der Waals surface area (Å²) >= 11 is 0. The molecule has 0 fully saturated rings. The molecule has 0 aromatic carbocycles. The number of hydrogen-bond donors (Lipinski definition) is 2. The summed E-state index contributed by atoms with van der Waals surface area (Å²) in [6.45, 7) is 7.28. The van der Waals surface area contributed by atoms with E-state index in [4.69, 9.17) is 9.97 Å². The second kappa shape index (κ2) is 9.06. The van der Waals surface area contributed by atoms with E-state index in [9.17, 15) is 0 Å². The average molecular weight is 439 g/mol. The third-order valence-electron chi connectivity index (χ3n) is 6.42. The maximum Gasteiger partial charge on any atom is 0.180 e. The third-order valence-corrected chi connectivity index (χ3v) is 6.42. The molecule has 1 unspecified atom stereocenters. The number of fused-ring (bicyclic) bond motifs is 2. The number of allylic oxidation sites excluding steroid dienone is 3. The lowest BCUT2D eigenvalue weighted by Gasteiger charge is -2.13. The van der Waals surface area contributed by atoms with Gasteiger partial charge in [-0.3, -0.25) is 9.38 Å². The van der Waals surface area contributed by atoms with E-state index in [0.717, 1.165) is 54.1 Å². The number of nitrogens with one attached hydrogen (secondary N) is 2. The van der Waals surface area contributed by atoms with Crippen LogP contribution in [0.2, 0.25) is 0 Å². The highest BCUT2D eigenvalue weighted by molar-refractivity contribution is 5.70. The summed E-state index contributed by atoms with van der Waals surface area (Å²) in [4.78, 5) is 17.5. The van der Waals surface area contributed by atoms with Crippen LogP contribution in [0.4, 0.5) is 5.82 Å². The topological polar surface area (TPSA) is 70.9 Å². The number of nitrogens with zero attached hydrogens (tertiary/aromatic N) is 4.